The van der Waals surface area contributed by atoms with Crippen molar-refractivity contribution in [3.8, 4) is 5.75 Å². The van der Waals surface area contributed by atoms with E-state index in [0.29, 0.717) is 25.1 Å². The first-order valence-corrected chi connectivity index (χ1v) is 9.59. The van der Waals surface area contributed by atoms with Gasteiger partial charge in [0.15, 0.2) is 0 Å². The zero-order chi connectivity index (χ0) is 19.7. The molecule has 1 amide bonds. The predicted molar refractivity (Wildman–Crippen MR) is 100 cm³/mol. The summed E-state index contributed by atoms with van der Waals surface area (Å²) in [6.45, 7) is -1.79. The third-order valence-corrected chi connectivity index (χ3v) is 6.07. The van der Waals surface area contributed by atoms with Gasteiger partial charge in [0, 0.05) is 24.6 Å². The van der Waals surface area contributed by atoms with Gasteiger partial charge in [-0.05, 0) is 55.0 Å². The van der Waals surface area contributed by atoms with E-state index in [1.165, 1.54) is 24.3 Å². The molecule has 1 aliphatic carbocycles. The average Bonchev–Trinajstić information content (AvgIpc) is 3.14. The van der Waals surface area contributed by atoms with Crippen LogP contribution >= 0.6 is 0 Å². The lowest BCUT2D eigenvalue weighted by Crippen LogP contribution is -2.42. The van der Waals surface area contributed by atoms with Gasteiger partial charge in [0.25, 0.3) is 5.91 Å². The van der Waals surface area contributed by atoms with Gasteiger partial charge in [0.2, 0.25) is 0 Å². The van der Waals surface area contributed by atoms with Gasteiger partial charge >= 0.3 is 6.61 Å². The largest absolute Gasteiger partial charge is 0.435 e. The normalized spacial score (nSPS) is 26.9. The van der Waals surface area contributed by atoms with Crippen molar-refractivity contribution in [2.24, 2.45) is 11.8 Å². The monoisotopic (exact) mass is 387 g/mol. The fraction of sp³-hybridized carbons (Fsp3) is 0.409. The molecule has 1 N–H and O–H groups in total. The first kappa shape index (κ1) is 18.9. The number of hydrogen-bond donors (Lipinski definition) is 1. The molecule has 0 bridgehead atoms. The van der Waals surface area contributed by atoms with Gasteiger partial charge in [-0.3, -0.25) is 4.79 Å². The van der Waals surface area contributed by atoms with E-state index >= 15 is 0 Å². The maximum atomic E-state index is 12.9. The second-order valence-electron chi connectivity index (χ2n) is 7.66. The number of likely N-dealkylation sites (tertiary alicyclic amines) is 1. The quantitative estimate of drug-likeness (QED) is 0.861. The van der Waals surface area contributed by atoms with Crippen LogP contribution in [0.5, 0.6) is 5.75 Å². The molecule has 2 aliphatic rings. The average molecular weight is 387 g/mol. The number of carbonyl (C=O) groups is 1. The van der Waals surface area contributed by atoms with Gasteiger partial charge in [0.05, 0.1) is 5.60 Å². The van der Waals surface area contributed by atoms with Crippen LogP contribution in [0.25, 0.3) is 0 Å². The molecule has 1 heterocycles. The van der Waals surface area contributed by atoms with Crippen molar-refractivity contribution < 1.29 is 23.4 Å². The Kier molecular flexibility index (Phi) is 5.06. The highest BCUT2D eigenvalue weighted by molar-refractivity contribution is 5.94. The van der Waals surface area contributed by atoms with Crippen LogP contribution in [-0.2, 0) is 5.60 Å². The number of halogens is 2. The summed E-state index contributed by atoms with van der Waals surface area (Å²) in [4.78, 5) is 14.7. The molecule has 0 spiro atoms. The highest BCUT2D eigenvalue weighted by Crippen LogP contribution is 2.48. The number of rotatable bonds is 4. The zero-order valence-corrected chi connectivity index (χ0v) is 15.4. The van der Waals surface area contributed by atoms with Crippen molar-refractivity contribution >= 4 is 5.91 Å². The van der Waals surface area contributed by atoms with Crippen LogP contribution in [-0.4, -0.2) is 35.6 Å². The molecule has 0 unspecified atom stereocenters. The van der Waals surface area contributed by atoms with E-state index in [-0.39, 0.29) is 23.5 Å². The van der Waals surface area contributed by atoms with E-state index in [1.807, 2.05) is 30.3 Å². The van der Waals surface area contributed by atoms with Gasteiger partial charge in [-0.1, -0.05) is 30.3 Å². The lowest BCUT2D eigenvalue weighted by atomic mass is 9.67. The number of fused-ring (bicyclic) bond motifs is 1. The number of carbonyl (C=O) groups excluding carboxylic acids is 1. The molecule has 1 aliphatic heterocycles. The van der Waals surface area contributed by atoms with Crippen LogP contribution in [0.3, 0.4) is 0 Å². The van der Waals surface area contributed by atoms with Gasteiger partial charge < -0.3 is 14.7 Å². The van der Waals surface area contributed by atoms with E-state index < -0.39 is 12.2 Å². The molecule has 148 valence electrons. The molecule has 28 heavy (non-hydrogen) atoms. The maximum Gasteiger partial charge on any atom is 0.387 e. The van der Waals surface area contributed by atoms with Gasteiger partial charge in [-0.15, -0.1) is 0 Å². The molecule has 1 saturated carbocycles. The van der Waals surface area contributed by atoms with Crippen LogP contribution < -0.4 is 4.74 Å². The van der Waals surface area contributed by atoms with E-state index in [9.17, 15) is 18.7 Å². The predicted octanol–water partition coefficient (Wildman–Crippen LogP) is 4.05. The fourth-order valence-corrected chi connectivity index (χ4v) is 4.74. The molecule has 4 rings (SSSR count). The Balaban J connectivity index is 1.51. The van der Waals surface area contributed by atoms with Crippen molar-refractivity contribution in [1.29, 1.82) is 0 Å². The molecular weight excluding hydrogens is 364 g/mol. The van der Waals surface area contributed by atoms with Crippen molar-refractivity contribution in [3.05, 3.63) is 65.7 Å². The summed E-state index contributed by atoms with van der Waals surface area (Å²) in [5.74, 6) is 0.131. The van der Waals surface area contributed by atoms with Crippen LogP contribution in [0.1, 0.15) is 35.2 Å². The third kappa shape index (κ3) is 3.49. The van der Waals surface area contributed by atoms with Crippen LogP contribution in [0.2, 0.25) is 0 Å². The van der Waals surface area contributed by atoms with Gasteiger partial charge in [0.1, 0.15) is 5.75 Å². The second kappa shape index (κ2) is 7.51. The Bertz CT molecular complexity index is 827. The molecular formula is C22H23F2NO3. The number of aliphatic hydroxyl groups is 1. The van der Waals surface area contributed by atoms with E-state index in [0.717, 1.165) is 18.4 Å². The SMILES string of the molecule is O=C(c1ccc(OC(F)F)cc1)N1C[C@H]2CCC[C@](O)(c3ccccc3)[C@H]2C1. The van der Waals surface area contributed by atoms with Crippen LogP contribution in [0, 0.1) is 11.8 Å². The number of hydrogen-bond acceptors (Lipinski definition) is 3. The number of amides is 1. The van der Waals surface area contributed by atoms with E-state index in [4.69, 9.17) is 0 Å². The summed E-state index contributed by atoms with van der Waals surface area (Å²) in [6, 6.07) is 15.5. The minimum absolute atomic E-state index is 0.00552. The molecule has 0 radical (unpaired) electrons. The lowest BCUT2D eigenvalue weighted by Gasteiger charge is -2.41. The number of benzene rings is 2. The molecule has 2 aromatic carbocycles. The third-order valence-electron chi connectivity index (χ3n) is 6.07. The summed E-state index contributed by atoms with van der Waals surface area (Å²) in [5, 5.41) is 11.5. The smallest absolute Gasteiger partial charge is 0.387 e. The Hall–Kier alpha value is -2.47. The Morgan fingerprint density at radius 3 is 2.50 bits per heavy atom. The Morgan fingerprint density at radius 1 is 1.11 bits per heavy atom. The maximum absolute atomic E-state index is 12.9. The van der Waals surface area contributed by atoms with E-state index in [2.05, 4.69) is 4.74 Å². The standard InChI is InChI=1S/C22H23F2NO3/c23-21(24)28-18-10-8-15(9-11-18)20(26)25-13-16-5-4-12-22(27,19(16)14-25)17-6-2-1-3-7-17/h1-3,6-11,16,19,21,27H,4-5,12-14H2/t16-,19+,22+/m1/s1. The van der Waals surface area contributed by atoms with Crippen molar-refractivity contribution in [2.75, 3.05) is 13.1 Å². The summed E-state index contributed by atoms with van der Waals surface area (Å²) in [5.41, 5.74) is 0.421. The first-order valence-electron chi connectivity index (χ1n) is 9.59. The number of ether oxygens (including phenoxy) is 1. The Labute approximate surface area is 162 Å². The van der Waals surface area contributed by atoms with Crippen molar-refractivity contribution in [1.82, 2.24) is 4.90 Å². The summed E-state index contributed by atoms with van der Waals surface area (Å²) in [7, 11) is 0. The highest BCUT2D eigenvalue weighted by Gasteiger charge is 2.50. The van der Waals surface area contributed by atoms with Crippen molar-refractivity contribution in [3.63, 3.8) is 0 Å². The molecule has 3 atom stereocenters. The van der Waals surface area contributed by atoms with Crippen molar-refractivity contribution in [2.45, 2.75) is 31.5 Å². The minimum Gasteiger partial charge on any atom is -0.435 e. The molecule has 0 aromatic heterocycles. The van der Waals surface area contributed by atoms with Crippen LogP contribution in [0.4, 0.5) is 8.78 Å². The fourth-order valence-electron chi connectivity index (χ4n) is 4.74. The number of nitrogens with zero attached hydrogens (tertiary/aromatic N) is 1. The van der Waals surface area contributed by atoms with Crippen LogP contribution in [0.15, 0.2) is 54.6 Å². The lowest BCUT2D eigenvalue weighted by molar-refractivity contribution is -0.0644. The first-order chi connectivity index (χ1) is 13.5. The Morgan fingerprint density at radius 2 is 1.82 bits per heavy atom. The highest BCUT2D eigenvalue weighted by atomic mass is 19.3. The van der Waals surface area contributed by atoms with E-state index in [1.54, 1.807) is 4.90 Å². The number of alkyl halides is 2. The molecule has 2 fully saturated rings. The zero-order valence-electron chi connectivity index (χ0n) is 15.4. The summed E-state index contributed by atoms with van der Waals surface area (Å²) < 4.78 is 28.9. The minimum atomic E-state index is -2.89. The topological polar surface area (TPSA) is 49.8 Å². The molecule has 2 aromatic rings. The summed E-state index contributed by atoms with van der Waals surface area (Å²) in [6.07, 6.45) is 2.61. The second-order valence-corrected chi connectivity index (χ2v) is 7.66. The van der Waals surface area contributed by atoms with Gasteiger partial charge in [-0.2, -0.15) is 8.78 Å². The van der Waals surface area contributed by atoms with Gasteiger partial charge in [-0.25, -0.2) is 0 Å². The molecule has 4 nitrogen and oxygen atoms in total. The molecule has 6 heteroatoms. The molecule has 1 saturated heterocycles. The summed E-state index contributed by atoms with van der Waals surface area (Å²) >= 11 is 0.